The van der Waals surface area contributed by atoms with E-state index in [-0.39, 0.29) is 31.1 Å². The monoisotopic (exact) mass is 474 g/mol. The Bertz CT molecular complexity index is 385. The number of anilines is 1. The number of para-hydroxylation sites is 1. The molecule has 17 heavy (non-hydrogen) atoms. The van der Waals surface area contributed by atoms with E-state index in [2.05, 4.69) is 35.0 Å². The van der Waals surface area contributed by atoms with Crippen LogP contribution in [0.1, 0.15) is 0 Å². The van der Waals surface area contributed by atoms with Crippen LogP contribution in [-0.4, -0.2) is 25.2 Å². The maximum atomic E-state index is 4.43. The van der Waals surface area contributed by atoms with Gasteiger partial charge in [-0.05, 0) is 12.1 Å². The van der Waals surface area contributed by atoms with Crippen molar-refractivity contribution in [3.63, 3.8) is 0 Å². The Morgan fingerprint density at radius 2 is 2.00 bits per heavy atom. The fourth-order valence-electron chi connectivity index (χ4n) is 1.05. The van der Waals surface area contributed by atoms with Gasteiger partial charge in [-0.1, -0.05) is 30.1 Å². The molecule has 0 fully saturated rings. The van der Waals surface area contributed by atoms with Gasteiger partial charge in [-0.15, -0.1) is 6.54 Å². The summed E-state index contributed by atoms with van der Waals surface area (Å²) in [5.41, 5.74) is 1.05. The molecule has 0 saturated carbocycles. The SMILES string of the molecule is [CH2-]CNc1nc2ccccc2s1.[CH2-]COC.[U+2]. The minimum atomic E-state index is 0. The summed E-state index contributed by atoms with van der Waals surface area (Å²) in [6, 6.07) is 8.10. The predicted octanol–water partition coefficient (Wildman–Crippen LogP) is 3.01. The van der Waals surface area contributed by atoms with Crippen molar-refractivity contribution in [2.45, 2.75) is 0 Å². The second kappa shape index (κ2) is 9.90. The maximum absolute atomic E-state index is 4.43. The Kier molecular flexibility index (Phi) is 9.86. The molecule has 2 aromatic rings. The van der Waals surface area contributed by atoms with Crippen LogP contribution in [0.3, 0.4) is 0 Å². The van der Waals surface area contributed by atoms with Crippen LogP contribution in [0.5, 0.6) is 0 Å². The van der Waals surface area contributed by atoms with Crippen LogP contribution < -0.4 is 5.32 Å². The van der Waals surface area contributed by atoms with Crippen molar-refractivity contribution in [2.24, 2.45) is 0 Å². The summed E-state index contributed by atoms with van der Waals surface area (Å²) in [4.78, 5) is 4.37. The van der Waals surface area contributed by atoms with Crippen molar-refractivity contribution >= 4 is 26.7 Å². The van der Waals surface area contributed by atoms with Gasteiger partial charge in [0, 0.05) is 7.11 Å². The van der Waals surface area contributed by atoms with E-state index >= 15 is 0 Å². The first kappa shape index (κ1) is 16.9. The van der Waals surface area contributed by atoms with E-state index in [1.165, 1.54) is 4.70 Å². The summed E-state index contributed by atoms with van der Waals surface area (Å²) in [5, 5.41) is 4.04. The van der Waals surface area contributed by atoms with E-state index in [0.29, 0.717) is 13.2 Å². The Morgan fingerprint density at radius 1 is 1.35 bits per heavy atom. The van der Waals surface area contributed by atoms with E-state index in [1.54, 1.807) is 18.4 Å². The Morgan fingerprint density at radius 3 is 2.53 bits per heavy atom. The molecule has 1 N–H and O–H groups in total. The molecule has 1 aromatic carbocycles. The third-order valence-corrected chi connectivity index (χ3v) is 2.77. The standard InChI is InChI=1S/C9H9N2S.C3H7O.U/c1-2-10-9-11-7-5-3-4-6-8(7)12-9;1-3-4-2;/h3-6H,1-2H2,(H,10,11);1,3H2,2H3;/q2*-1;+2. The van der Waals surface area contributed by atoms with Crippen molar-refractivity contribution in [3.8, 4) is 0 Å². The molecule has 0 aliphatic carbocycles. The van der Waals surface area contributed by atoms with E-state index in [9.17, 15) is 0 Å². The zero-order valence-electron chi connectivity index (χ0n) is 9.90. The number of ether oxygens (including phenoxy) is 1. The zero-order chi connectivity index (χ0) is 11.8. The zero-order valence-corrected chi connectivity index (χ0v) is 14.9. The molecule has 0 bridgehead atoms. The van der Waals surface area contributed by atoms with Gasteiger partial charge in [0.2, 0.25) is 0 Å². The maximum Gasteiger partial charge on any atom is 2.00 e. The molecule has 0 aliphatic heterocycles. The average molecular weight is 474 g/mol. The summed E-state index contributed by atoms with van der Waals surface area (Å²) in [7, 11) is 1.62. The van der Waals surface area contributed by atoms with Crippen LogP contribution in [0.2, 0.25) is 0 Å². The molecule has 0 amide bonds. The number of hydrogen-bond donors (Lipinski definition) is 1. The van der Waals surface area contributed by atoms with E-state index in [1.807, 2.05) is 18.2 Å². The molecule has 2 rings (SSSR count). The van der Waals surface area contributed by atoms with Gasteiger partial charge >= 0.3 is 31.1 Å². The molecular weight excluding hydrogens is 458 g/mol. The topological polar surface area (TPSA) is 34.2 Å². The molecule has 0 unspecified atom stereocenters. The Balaban J connectivity index is 0.000000453. The van der Waals surface area contributed by atoms with Gasteiger partial charge in [0.1, 0.15) is 0 Å². The van der Waals surface area contributed by atoms with Gasteiger partial charge in [-0.2, -0.15) is 0 Å². The smallest absolute Gasteiger partial charge is 0.417 e. The number of methoxy groups -OCH3 is 1. The van der Waals surface area contributed by atoms with Crippen molar-refractivity contribution in [1.29, 1.82) is 0 Å². The third kappa shape index (κ3) is 5.87. The van der Waals surface area contributed by atoms with Gasteiger partial charge in [-0.3, -0.25) is 0 Å². The molecule has 0 radical (unpaired) electrons. The number of fused-ring (bicyclic) bond motifs is 1. The van der Waals surface area contributed by atoms with Gasteiger partial charge in [-0.25, -0.2) is 4.98 Å². The predicted molar refractivity (Wildman–Crippen MR) is 70.7 cm³/mol. The van der Waals surface area contributed by atoms with Crippen LogP contribution in [0.15, 0.2) is 24.3 Å². The second-order valence-corrected chi connectivity index (χ2v) is 3.94. The molecule has 3 nitrogen and oxygen atoms in total. The molecule has 0 saturated heterocycles. The van der Waals surface area contributed by atoms with Crippen LogP contribution in [0, 0.1) is 45.0 Å². The van der Waals surface area contributed by atoms with E-state index in [4.69, 9.17) is 0 Å². The fourth-order valence-corrected chi connectivity index (χ4v) is 1.95. The minimum Gasteiger partial charge on any atom is -0.417 e. The van der Waals surface area contributed by atoms with Crippen LogP contribution in [-0.2, 0) is 4.74 Å². The molecular formula is C12H16N2OSU. The first-order valence-electron chi connectivity index (χ1n) is 4.98. The van der Waals surface area contributed by atoms with Crippen molar-refractivity contribution in [3.05, 3.63) is 38.1 Å². The average Bonchev–Trinajstić information content (AvgIpc) is 2.72. The van der Waals surface area contributed by atoms with E-state index < -0.39 is 0 Å². The number of thiazole rings is 1. The van der Waals surface area contributed by atoms with Crippen molar-refractivity contribution < 1.29 is 35.9 Å². The minimum absolute atomic E-state index is 0. The Hall–Kier alpha value is -0.0781. The number of rotatable bonds is 3. The van der Waals surface area contributed by atoms with Crippen LogP contribution in [0.25, 0.3) is 10.2 Å². The quantitative estimate of drug-likeness (QED) is 0.695. The van der Waals surface area contributed by atoms with Gasteiger partial charge < -0.3 is 23.9 Å². The van der Waals surface area contributed by atoms with Crippen molar-refractivity contribution in [2.75, 3.05) is 25.6 Å². The number of nitrogens with one attached hydrogen (secondary N) is 1. The molecule has 0 spiro atoms. The summed E-state index contributed by atoms with van der Waals surface area (Å²) in [5.74, 6) is 0. The largest absolute Gasteiger partial charge is 2.00 e. The Labute approximate surface area is 130 Å². The number of benzene rings is 1. The van der Waals surface area contributed by atoms with Crippen LogP contribution in [0.4, 0.5) is 5.13 Å². The number of hydrogen-bond acceptors (Lipinski definition) is 4. The van der Waals surface area contributed by atoms with Gasteiger partial charge in [0.15, 0.2) is 5.13 Å². The molecule has 0 aliphatic rings. The summed E-state index contributed by atoms with van der Waals surface area (Å²) in [6.45, 7) is 8.34. The van der Waals surface area contributed by atoms with E-state index in [0.717, 1.165) is 10.6 Å². The fraction of sp³-hybridized carbons (Fsp3) is 0.250. The molecule has 90 valence electrons. The number of nitrogens with zero attached hydrogens (tertiary/aromatic N) is 1. The normalized spacial score (nSPS) is 9.12. The summed E-state index contributed by atoms with van der Waals surface area (Å²) < 4.78 is 5.65. The van der Waals surface area contributed by atoms with Gasteiger partial charge in [0.25, 0.3) is 0 Å². The van der Waals surface area contributed by atoms with Gasteiger partial charge in [0.05, 0.1) is 10.2 Å². The number of aromatic nitrogens is 1. The summed E-state index contributed by atoms with van der Waals surface area (Å²) >= 11 is 1.66. The first-order chi connectivity index (χ1) is 7.81. The molecule has 1 aromatic heterocycles. The second-order valence-electron chi connectivity index (χ2n) is 2.91. The van der Waals surface area contributed by atoms with Crippen molar-refractivity contribution in [1.82, 2.24) is 4.98 Å². The molecule has 5 heteroatoms. The molecule has 0 atom stereocenters. The molecule has 1 heterocycles. The first-order valence-corrected chi connectivity index (χ1v) is 5.80. The van der Waals surface area contributed by atoms with Crippen LogP contribution >= 0.6 is 11.3 Å². The third-order valence-electron chi connectivity index (χ3n) is 1.77. The summed E-state index contributed by atoms with van der Waals surface area (Å²) in [6.07, 6.45) is 0.